The predicted molar refractivity (Wildman–Crippen MR) is 129 cm³/mol. The second-order valence-corrected chi connectivity index (χ2v) is 17.4. The van der Waals surface area contributed by atoms with Gasteiger partial charge in [-0.3, -0.25) is 0 Å². The molecule has 0 unspecified atom stereocenters. The van der Waals surface area contributed by atoms with Gasteiger partial charge in [-0.2, -0.15) is 0 Å². The normalized spacial score (nSPS) is 36.1. The van der Waals surface area contributed by atoms with Crippen molar-refractivity contribution in [2.75, 3.05) is 13.2 Å². The summed E-state index contributed by atoms with van der Waals surface area (Å²) in [4.78, 5) is 0. The SMILES string of the molecule is C[C@@H]1[C@H]([C@@H](C)[C@@H]2OC(C)(C)OC[C@@H]2C)OC(C)(C)O[C@H]1[C@H](C)CO[Si](C)(C)C(C)(C)C. The second kappa shape index (κ2) is 9.34. The van der Waals surface area contributed by atoms with Gasteiger partial charge in [-0.25, -0.2) is 0 Å². The summed E-state index contributed by atoms with van der Waals surface area (Å²) >= 11 is 0. The largest absolute Gasteiger partial charge is 0.416 e. The van der Waals surface area contributed by atoms with Crippen LogP contribution in [0.5, 0.6) is 0 Å². The molecule has 2 fully saturated rings. The van der Waals surface area contributed by atoms with Crippen LogP contribution in [0.3, 0.4) is 0 Å². The lowest BCUT2D eigenvalue weighted by atomic mass is 9.78. The second-order valence-electron chi connectivity index (χ2n) is 12.6. The third kappa shape index (κ3) is 6.54. The molecule has 2 rings (SSSR count). The van der Waals surface area contributed by atoms with Crippen LogP contribution in [-0.4, -0.2) is 51.4 Å². The Morgan fingerprint density at radius 1 is 0.903 bits per heavy atom. The molecule has 0 aromatic heterocycles. The maximum absolute atomic E-state index is 6.56. The molecule has 5 nitrogen and oxygen atoms in total. The first kappa shape index (κ1) is 27.3. The van der Waals surface area contributed by atoms with Crippen molar-refractivity contribution in [3.63, 3.8) is 0 Å². The molecule has 184 valence electrons. The summed E-state index contributed by atoms with van der Waals surface area (Å²) in [5.41, 5.74) is 0. The van der Waals surface area contributed by atoms with E-state index < -0.39 is 19.9 Å². The summed E-state index contributed by atoms with van der Waals surface area (Å²) in [5.74, 6) is -0.117. The highest BCUT2D eigenvalue weighted by atomic mass is 28.4. The van der Waals surface area contributed by atoms with Crippen LogP contribution in [-0.2, 0) is 23.4 Å². The molecule has 0 bridgehead atoms. The summed E-state index contributed by atoms with van der Waals surface area (Å²) in [6.07, 6.45) is 0.207. The topological polar surface area (TPSA) is 46.2 Å². The molecule has 0 amide bonds. The smallest absolute Gasteiger partial charge is 0.191 e. The molecule has 0 aliphatic carbocycles. The van der Waals surface area contributed by atoms with E-state index in [0.717, 1.165) is 6.61 Å². The lowest BCUT2D eigenvalue weighted by molar-refractivity contribution is -0.354. The minimum atomic E-state index is -1.80. The van der Waals surface area contributed by atoms with Gasteiger partial charge in [-0.15, -0.1) is 0 Å². The number of hydrogen-bond donors (Lipinski definition) is 0. The quantitative estimate of drug-likeness (QED) is 0.442. The van der Waals surface area contributed by atoms with Crippen molar-refractivity contribution in [1.29, 1.82) is 0 Å². The Labute approximate surface area is 193 Å². The third-order valence-corrected chi connectivity index (χ3v) is 12.2. The molecule has 2 aliphatic heterocycles. The number of hydrogen-bond acceptors (Lipinski definition) is 5. The molecule has 0 spiro atoms. The van der Waals surface area contributed by atoms with Gasteiger partial charge >= 0.3 is 0 Å². The summed E-state index contributed by atoms with van der Waals surface area (Å²) in [6.45, 7) is 30.0. The fourth-order valence-electron chi connectivity index (χ4n) is 4.67. The van der Waals surface area contributed by atoms with E-state index >= 15 is 0 Å². The predicted octanol–water partition coefficient (Wildman–Crippen LogP) is 6.22. The van der Waals surface area contributed by atoms with Gasteiger partial charge in [0, 0.05) is 30.3 Å². The van der Waals surface area contributed by atoms with Crippen molar-refractivity contribution in [2.24, 2.45) is 23.7 Å². The van der Waals surface area contributed by atoms with E-state index in [9.17, 15) is 0 Å². The molecule has 2 heterocycles. The van der Waals surface area contributed by atoms with Crippen LogP contribution in [0.4, 0.5) is 0 Å². The molecule has 0 aromatic carbocycles. The summed E-state index contributed by atoms with van der Waals surface area (Å²) in [6, 6.07) is 0. The van der Waals surface area contributed by atoms with Crippen molar-refractivity contribution in [2.45, 2.75) is 124 Å². The molecular weight excluding hydrogens is 408 g/mol. The fourth-order valence-corrected chi connectivity index (χ4v) is 5.79. The fraction of sp³-hybridized carbons (Fsp3) is 1.00. The van der Waals surface area contributed by atoms with E-state index in [1.807, 2.05) is 27.7 Å². The van der Waals surface area contributed by atoms with Crippen LogP contribution in [0.15, 0.2) is 0 Å². The van der Waals surface area contributed by atoms with E-state index in [0.29, 0.717) is 12.5 Å². The third-order valence-electron chi connectivity index (χ3n) is 7.66. The van der Waals surface area contributed by atoms with Crippen LogP contribution < -0.4 is 0 Å². The van der Waals surface area contributed by atoms with Gasteiger partial charge in [0.1, 0.15) is 0 Å². The highest BCUT2D eigenvalue weighted by molar-refractivity contribution is 6.74. The monoisotopic (exact) mass is 458 g/mol. The van der Waals surface area contributed by atoms with E-state index in [4.69, 9.17) is 23.4 Å². The van der Waals surface area contributed by atoms with Gasteiger partial charge in [0.25, 0.3) is 0 Å². The van der Waals surface area contributed by atoms with Gasteiger partial charge in [0.15, 0.2) is 19.9 Å². The van der Waals surface area contributed by atoms with E-state index in [-0.39, 0.29) is 41.1 Å². The summed E-state index contributed by atoms with van der Waals surface area (Å²) < 4.78 is 31.8. The van der Waals surface area contributed by atoms with Crippen molar-refractivity contribution >= 4 is 8.32 Å². The molecule has 0 radical (unpaired) electrons. The average molecular weight is 459 g/mol. The molecule has 7 atom stereocenters. The Morgan fingerprint density at radius 2 is 1.42 bits per heavy atom. The minimum Gasteiger partial charge on any atom is -0.416 e. The zero-order valence-corrected chi connectivity index (χ0v) is 23.5. The average Bonchev–Trinajstić information content (AvgIpc) is 2.62. The van der Waals surface area contributed by atoms with Crippen LogP contribution in [0, 0.1) is 23.7 Å². The maximum atomic E-state index is 6.56. The molecule has 31 heavy (non-hydrogen) atoms. The van der Waals surface area contributed by atoms with Gasteiger partial charge in [-0.1, -0.05) is 48.5 Å². The van der Waals surface area contributed by atoms with E-state index in [2.05, 4.69) is 61.6 Å². The van der Waals surface area contributed by atoms with Gasteiger partial charge in [-0.05, 0) is 45.8 Å². The van der Waals surface area contributed by atoms with Gasteiger partial charge in [0.2, 0.25) is 0 Å². The summed E-state index contributed by atoms with van der Waals surface area (Å²) in [5, 5.41) is 0.203. The van der Waals surface area contributed by atoms with E-state index in [1.54, 1.807) is 0 Å². The molecule has 2 aliphatic rings. The Morgan fingerprint density at radius 3 is 1.97 bits per heavy atom. The lowest BCUT2D eigenvalue weighted by Gasteiger charge is -2.52. The molecule has 0 N–H and O–H groups in total. The maximum Gasteiger partial charge on any atom is 0.191 e. The summed E-state index contributed by atoms with van der Waals surface area (Å²) in [7, 11) is -1.80. The molecule has 6 heteroatoms. The standard InChI is InChI=1S/C25H50O5Si/c1-16-14-26-24(8,9)28-20(16)18(3)22-19(4)21(29-25(10,11)30-22)17(2)15-27-31(12,13)23(5,6)7/h16-22H,14-15H2,1-13H3/t16-,17+,18-,19-,20+,21-,22-/m0/s1. The highest BCUT2D eigenvalue weighted by Crippen LogP contribution is 2.42. The Kier molecular flexibility index (Phi) is 8.21. The van der Waals surface area contributed by atoms with E-state index in [1.165, 1.54) is 0 Å². The molecule has 2 saturated heterocycles. The number of ether oxygens (including phenoxy) is 4. The van der Waals surface area contributed by atoms with Crippen molar-refractivity contribution in [3.8, 4) is 0 Å². The van der Waals surface area contributed by atoms with Crippen LogP contribution in [0.25, 0.3) is 0 Å². The highest BCUT2D eigenvalue weighted by Gasteiger charge is 2.49. The van der Waals surface area contributed by atoms with Gasteiger partial charge < -0.3 is 23.4 Å². The zero-order chi connectivity index (χ0) is 24.0. The van der Waals surface area contributed by atoms with Crippen LogP contribution >= 0.6 is 0 Å². The Hall–Kier alpha value is 0.0169. The van der Waals surface area contributed by atoms with Crippen LogP contribution in [0.2, 0.25) is 18.1 Å². The molecule has 0 saturated carbocycles. The Balaban J connectivity index is 2.16. The first-order valence-corrected chi connectivity index (χ1v) is 15.1. The van der Waals surface area contributed by atoms with Crippen molar-refractivity contribution in [3.05, 3.63) is 0 Å². The minimum absolute atomic E-state index is 0.0467. The zero-order valence-electron chi connectivity index (χ0n) is 22.5. The Bertz CT molecular complexity index is 597. The number of rotatable bonds is 6. The first-order valence-electron chi connectivity index (χ1n) is 12.2. The van der Waals surface area contributed by atoms with Crippen LogP contribution in [0.1, 0.15) is 76.2 Å². The lowest BCUT2D eigenvalue weighted by Crippen LogP contribution is -2.58. The van der Waals surface area contributed by atoms with Crippen molar-refractivity contribution in [1.82, 2.24) is 0 Å². The first-order chi connectivity index (χ1) is 13.9. The molecular formula is C25H50O5Si. The van der Waals surface area contributed by atoms with Crippen molar-refractivity contribution < 1.29 is 23.4 Å². The van der Waals surface area contributed by atoms with Gasteiger partial charge in [0.05, 0.1) is 24.9 Å². The molecule has 0 aromatic rings.